The van der Waals surface area contributed by atoms with Crippen LogP contribution in [0.1, 0.15) is 39.2 Å². The fourth-order valence-electron chi connectivity index (χ4n) is 2.72. The van der Waals surface area contributed by atoms with Gasteiger partial charge in [0.15, 0.2) is 0 Å². The molecule has 18 heavy (non-hydrogen) atoms. The van der Waals surface area contributed by atoms with Crippen molar-refractivity contribution >= 4 is 5.69 Å². The molecule has 0 spiro atoms. The number of hydrogen-bond donors (Lipinski definition) is 1. The van der Waals surface area contributed by atoms with E-state index in [1.165, 1.54) is 30.6 Å². The molecule has 0 saturated carbocycles. The highest BCUT2D eigenvalue weighted by Gasteiger charge is 2.22. The molecule has 0 aromatic heterocycles. The minimum Gasteiger partial charge on any atom is -0.369 e. The van der Waals surface area contributed by atoms with E-state index in [4.69, 9.17) is 0 Å². The van der Waals surface area contributed by atoms with Gasteiger partial charge in [-0.1, -0.05) is 26.0 Å². The maximum atomic E-state index is 3.37. The van der Waals surface area contributed by atoms with E-state index in [1.807, 2.05) is 0 Å². The third-order valence-electron chi connectivity index (χ3n) is 3.96. The van der Waals surface area contributed by atoms with Crippen molar-refractivity contribution in [2.24, 2.45) is 5.92 Å². The molecule has 0 amide bonds. The van der Waals surface area contributed by atoms with Crippen molar-refractivity contribution in [1.82, 2.24) is 5.32 Å². The lowest BCUT2D eigenvalue weighted by atomic mass is 9.94. The Hall–Kier alpha value is -1.02. The van der Waals surface area contributed by atoms with Crippen molar-refractivity contribution in [2.45, 2.75) is 46.2 Å². The molecule has 1 aromatic rings. The smallest absolute Gasteiger partial charge is 0.0368 e. The molecule has 2 unspecified atom stereocenters. The second-order valence-electron chi connectivity index (χ2n) is 5.63. The Bertz CT molecular complexity index is 358. The molecule has 2 atom stereocenters. The van der Waals surface area contributed by atoms with Gasteiger partial charge in [0.25, 0.3) is 0 Å². The van der Waals surface area contributed by atoms with Crippen LogP contribution < -0.4 is 10.2 Å². The molecule has 2 heteroatoms. The first-order valence-electron chi connectivity index (χ1n) is 7.27. The summed E-state index contributed by atoms with van der Waals surface area (Å²) in [5.41, 5.74) is 2.76. The first-order valence-corrected chi connectivity index (χ1v) is 7.27. The number of piperidine rings is 1. The minimum absolute atomic E-state index is 0.681. The first-order chi connectivity index (χ1) is 8.70. The van der Waals surface area contributed by atoms with Crippen LogP contribution in [0, 0.1) is 5.92 Å². The molecule has 1 aliphatic rings. The van der Waals surface area contributed by atoms with E-state index in [0.29, 0.717) is 6.04 Å². The number of rotatable bonds is 4. The third-order valence-corrected chi connectivity index (χ3v) is 3.96. The predicted octanol–water partition coefficient (Wildman–Crippen LogP) is 3.42. The Morgan fingerprint density at radius 3 is 2.56 bits per heavy atom. The normalized spacial score (nSPS) is 24.3. The Morgan fingerprint density at radius 2 is 1.89 bits per heavy atom. The lowest BCUT2D eigenvalue weighted by molar-refractivity contribution is 0.390. The van der Waals surface area contributed by atoms with Gasteiger partial charge >= 0.3 is 0 Å². The van der Waals surface area contributed by atoms with Gasteiger partial charge in [0.05, 0.1) is 0 Å². The van der Waals surface area contributed by atoms with Gasteiger partial charge in [-0.3, -0.25) is 0 Å². The van der Waals surface area contributed by atoms with Crippen LogP contribution >= 0.6 is 0 Å². The molecular formula is C16H26N2. The fraction of sp³-hybridized carbons (Fsp3) is 0.625. The molecule has 0 radical (unpaired) electrons. The average molecular weight is 246 g/mol. The van der Waals surface area contributed by atoms with Crippen LogP contribution in [0.25, 0.3) is 0 Å². The number of nitrogens with one attached hydrogen (secondary N) is 1. The van der Waals surface area contributed by atoms with Crippen LogP contribution in [0.3, 0.4) is 0 Å². The molecule has 1 aromatic carbocycles. The van der Waals surface area contributed by atoms with Crippen molar-refractivity contribution in [3.05, 3.63) is 29.8 Å². The van der Waals surface area contributed by atoms with Crippen LogP contribution in [0.5, 0.6) is 0 Å². The molecule has 0 bridgehead atoms. The summed E-state index contributed by atoms with van der Waals surface area (Å²) >= 11 is 0. The Balaban J connectivity index is 2.03. The van der Waals surface area contributed by atoms with Gasteiger partial charge in [-0.05, 0) is 49.9 Å². The predicted molar refractivity (Wildman–Crippen MR) is 79.0 cm³/mol. The van der Waals surface area contributed by atoms with E-state index < -0.39 is 0 Å². The third kappa shape index (κ3) is 3.26. The van der Waals surface area contributed by atoms with E-state index in [2.05, 4.69) is 55.3 Å². The van der Waals surface area contributed by atoms with E-state index in [1.54, 1.807) is 0 Å². The van der Waals surface area contributed by atoms with Gasteiger partial charge in [0.1, 0.15) is 0 Å². The highest BCUT2D eigenvalue weighted by Crippen LogP contribution is 2.27. The largest absolute Gasteiger partial charge is 0.369 e. The quantitative estimate of drug-likeness (QED) is 0.875. The van der Waals surface area contributed by atoms with Gasteiger partial charge in [-0.2, -0.15) is 0 Å². The minimum atomic E-state index is 0.681. The topological polar surface area (TPSA) is 15.3 Å². The van der Waals surface area contributed by atoms with Crippen molar-refractivity contribution in [1.29, 1.82) is 0 Å². The Kier molecular flexibility index (Phi) is 4.65. The fourth-order valence-corrected chi connectivity index (χ4v) is 2.72. The first kappa shape index (κ1) is 13.4. The monoisotopic (exact) mass is 246 g/mol. The lowest BCUT2D eigenvalue weighted by Crippen LogP contribution is -2.41. The summed E-state index contributed by atoms with van der Waals surface area (Å²) in [4.78, 5) is 2.56. The molecule has 1 fully saturated rings. The van der Waals surface area contributed by atoms with Crippen molar-refractivity contribution in [3.63, 3.8) is 0 Å². The average Bonchev–Trinajstić information content (AvgIpc) is 2.40. The molecular weight excluding hydrogens is 220 g/mol. The summed E-state index contributed by atoms with van der Waals surface area (Å²) in [6.07, 6.45) is 2.69. The zero-order valence-electron chi connectivity index (χ0n) is 11.9. The van der Waals surface area contributed by atoms with E-state index >= 15 is 0 Å². The van der Waals surface area contributed by atoms with Gasteiger partial charge < -0.3 is 10.2 Å². The van der Waals surface area contributed by atoms with E-state index in [0.717, 1.165) is 19.0 Å². The Labute approximate surface area is 111 Å². The number of hydrogen-bond acceptors (Lipinski definition) is 2. The summed E-state index contributed by atoms with van der Waals surface area (Å²) in [5, 5.41) is 3.37. The van der Waals surface area contributed by atoms with Crippen LogP contribution in [0.2, 0.25) is 0 Å². The number of benzene rings is 1. The molecule has 2 nitrogen and oxygen atoms in total. The van der Waals surface area contributed by atoms with Crippen molar-refractivity contribution in [2.75, 3.05) is 18.0 Å². The SMILES string of the molecule is CCNCc1ccc(N2CC(C)CCC2C)cc1. The second-order valence-corrected chi connectivity index (χ2v) is 5.63. The molecule has 1 saturated heterocycles. The summed E-state index contributed by atoms with van der Waals surface area (Å²) in [7, 11) is 0. The van der Waals surface area contributed by atoms with Crippen LogP contribution in [-0.2, 0) is 6.54 Å². The molecule has 1 heterocycles. The zero-order chi connectivity index (χ0) is 13.0. The van der Waals surface area contributed by atoms with E-state index in [-0.39, 0.29) is 0 Å². The molecule has 1 N–H and O–H groups in total. The van der Waals surface area contributed by atoms with Gasteiger partial charge in [-0.25, -0.2) is 0 Å². The van der Waals surface area contributed by atoms with Crippen LogP contribution in [-0.4, -0.2) is 19.1 Å². The van der Waals surface area contributed by atoms with Crippen molar-refractivity contribution in [3.8, 4) is 0 Å². The highest BCUT2D eigenvalue weighted by molar-refractivity contribution is 5.49. The summed E-state index contributed by atoms with van der Waals surface area (Å²) < 4.78 is 0. The number of nitrogens with zero attached hydrogens (tertiary/aromatic N) is 1. The van der Waals surface area contributed by atoms with Gasteiger partial charge in [0, 0.05) is 24.8 Å². The van der Waals surface area contributed by atoms with Crippen molar-refractivity contribution < 1.29 is 0 Å². The van der Waals surface area contributed by atoms with E-state index in [9.17, 15) is 0 Å². The zero-order valence-corrected chi connectivity index (χ0v) is 11.9. The van der Waals surface area contributed by atoms with Gasteiger partial charge in [-0.15, -0.1) is 0 Å². The summed E-state index contributed by atoms with van der Waals surface area (Å²) in [6.45, 7) is 10.1. The number of anilines is 1. The lowest BCUT2D eigenvalue weighted by Gasteiger charge is -2.38. The Morgan fingerprint density at radius 1 is 1.17 bits per heavy atom. The molecule has 0 aliphatic carbocycles. The highest BCUT2D eigenvalue weighted by atomic mass is 15.2. The maximum Gasteiger partial charge on any atom is 0.0368 e. The maximum absolute atomic E-state index is 3.37. The van der Waals surface area contributed by atoms with Gasteiger partial charge in [0.2, 0.25) is 0 Å². The molecule has 2 rings (SSSR count). The molecule has 1 aliphatic heterocycles. The summed E-state index contributed by atoms with van der Waals surface area (Å²) in [5.74, 6) is 0.822. The van der Waals surface area contributed by atoms with Crippen LogP contribution in [0.4, 0.5) is 5.69 Å². The summed E-state index contributed by atoms with van der Waals surface area (Å²) in [6, 6.07) is 9.75. The standard InChI is InChI=1S/C16H26N2/c1-4-17-11-15-7-9-16(10-8-15)18-12-13(2)5-6-14(18)3/h7-10,13-14,17H,4-6,11-12H2,1-3H3. The molecule has 100 valence electrons. The second kappa shape index (κ2) is 6.24. The van der Waals surface area contributed by atoms with Crippen LogP contribution in [0.15, 0.2) is 24.3 Å².